The number of carbonyl (C=O) groups is 2. The number of anilines is 1. The van der Waals surface area contributed by atoms with Gasteiger partial charge in [0.15, 0.2) is 5.82 Å². The summed E-state index contributed by atoms with van der Waals surface area (Å²) < 4.78 is 4.54. The van der Waals surface area contributed by atoms with Crippen LogP contribution in [0.4, 0.5) is 5.82 Å². The van der Waals surface area contributed by atoms with Gasteiger partial charge >= 0.3 is 11.9 Å². The van der Waals surface area contributed by atoms with Crippen LogP contribution in [0.25, 0.3) is 22.3 Å². The number of rotatable bonds is 2. The predicted molar refractivity (Wildman–Crippen MR) is 106 cm³/mol. The lowest BCUT2D eigenvalue weighted by Crippen LogP contribution is -2.51. The lowest BCUT2D eigenvalue weighted by atomic mass is 10.1. The number of carbonyl (C=O) groups excluding carboxylic acids is 2. The molecular formula is C21H20N4O3. The Kier molecular flexibility index (Phi) is 4.89. The molecule has 0 N–H and O–H groups in total. The molecule has 0 aliphatic carbocycles. The van der Waals surface area contributed by atoms with Crippen molar-refractivity contribution < 1.29 is 14.3 Å². The van der Waals surface area contributed by atoms with E-state index in [1.807, 2.05) is 54.6 Å². The first kappa shape index (κ1) is 17.9. The van der Waals surface area contributed by atoms with Crippen molar-refractivity contribution in [3.05, 3.63) is 54.6 Å². The van der Waals surface area contributed by atoms with Gasteiger partial charge in [-0.05, 0) is 12.1 Å². The van der Waals surface area contributed by atoms with Crippen molar-refractivity contribution in [1.82, 2.24) is 14.9 Å². The van der Waals surface area contributed by atoms with E-state index in [0.717, 1.165) is 28.1 Å². The lowest BCUT2D eigenvalue weighted by Gasteiger charge is -2.35. The van der Waals surface area contributed by atoms with Crippen LogP contribution in [0.3, 0.4) is 0 Å². The molecule has 7 heteroatoms. The highest BCUT2D eigenvalue weighted by molar-refractivity contribution is 6.32. The Bertz CT molecular complexity index is 1010. The zero-order valence-electron chi connectivity index (χ0n) is 15.5. The summed E-state index contributed by atoms with van der Waals surface area (Å²) in [6, 6.07) is 17.7. The summed E-state index contributed by atoms with van der Waals surface area (Å²) in [7, 11) is 1.22. The van der Waals surface area contributed by atoms with Crippen molar-refractivity contribution in [3.63, 3.8) is 0 Å². The van der Waals surface area contributed by atoms with E-state index in [-0.39, 0.29) is 0 Å². The first-order chi connectivity index (χ1) is 13.7. The summed E-state index contributed by atoms with van der Waals surface area (Å²) >= 11 is 0. The van der Waals surface area contributed by atoms with Gasteiger partial charge in [-0.3, -0.25) is 4.79 Å². The number of esters is 1. The van der Waals surface area contributed by atoms with Gasteiger partial charge in [-0.15, -0.1) is 0 Å². The quantitative estimate of drug-likeness (QED) is 0.504. The largest absolute Gasteiger partial charge is 0.462 e. The standard InChI is InChI=1S/C21H20N4O3/c1-28-21(27)20(26)25-13-11-24(12-14-25)19-18(15-7-3-2-4-8-15)22-16-9-5-6-10-17(16)23-19/h2-10H,11-14H2,1H3. The molecule has 28 heavy (non-hydrogen) atoms. The molecule has 2 heterocycles. The zero-order chi connectivity index (χ0) is 19.5. The van der Waals surface area contributed by atoms with E-state index in [2.05, 4.69) is 9.64 Å². The summed E-state index contributed by atoms with van der Waals surface area (Å²) in [5.41, 5.74) is 3.46. The molecule has 0 bridgehead atoms. The molecule has 1 amide bonds. The van der Waals surface area contributed by atoms with E-state index in [1.54, 1.807) is 0 Å². The van der Waals surface area contributed by atoms with Gasteiger partial charge in [0, 0.05) is 31.7 Å². The van der Waals surface area contributed by atoms with Gasteiger partial charge in [0.25, 0.3) is 0 Å². The second-order valence-corrected chi connectivity index (χ2v) is 6.52. The average Bonchev–Trinajstić information content (AvgIpc) is 2.78. The van der Waals surface area contributed by atoms with Crippen molar-refractivity contribution in [1.29, 1.82) is 0 Å². The van der Waals surface area contributed by atoms with E-state index in [9.17, 15) is 9.59 Å². The second kappa shape index (κ2) is 7.64. The minimum Gasteiger partial charge on any atom is -0.462 e. The van der Waals surface area contributed by atoms with Crippen LogP contribution >= 0.6 is 0 Å². The number of methoxy groups -OCH3 is 1. The number of hydrogen-bond donors (Lipinski definition) is 0. The minimum atomic E-state index is -0.830. The van der Waals surface area contributed by atoms with Crippen LogP contribution in [0.5, 0.6) is 0 Å². The summed E-state index contributed by atoms with van der Waals surface area (Å²) in [5.74, 6) is -0.644. The number of nitrogens with zero attached hydrogens (tertiary/aromatic N) is 4. The topological polar surface area (TPSA) is 75.6 Å². The predicted octanol–water partition coefficient (Wildman–Crippen LogP) is 2.12. The first-order valence-electron chi connectivity index (χ1n) is 9.12. The number of piperazine rings is 1. The Hall–Kier alpha value is -3.48. The molecule has 0 unspecified atom stereocenters. The van der Waals surface area contributed by atoms with Crippen LogP contribution < -0.4 is 4.90 Å². The average molecular weight is 376 g/mol. The van der Waals surface area contributed by atoms with E-state index in [0.29, 0.717) is 26.2 Å². The van der Waals surface area contributed by atoms with Crippen LogP contribution in [0.1, 0.15) is 0 Å². The van der Waals surface area contributed by atoms with E-state index < -0.39 is 11.9 Å². The maximum Gasteiger partial charge on any atom is 0.396 e. The van der Waals surface area contributed by atoms with Crippen LogP contribution in [0.15, 0.2) is 54.6 Å². The molecule has 0 radical (unpaired) electrons. The molecule has 0 atom stereocenters. The third-order valence-electron chi connectivity index (χ3n) is 4.83. The first-order valence-corrected chi connectivity index (χ1v) is 9.12. The molecule has 1 fully saturated rings. The molecule has 1 saturated heterocycles. The SMILES string of the molecule is COC(=O)C(=O)N1CCN(c2nc3ccccc3nc2-c2ccccc2)CC1. The van der Waals surface area contributed by atoms with Gasteiger partial charge in [0.05, 0.1) is 18.1 Å². The van der Waals surface area contributed by atoms with Crippen LogP contribution in [0.2, 0.25) is 0 Å². The third-order valence-corrected chi connectivity index (χ3v) is 4.83. The van der Waals surface area contributed by atoms with Crippen LogP contribution in [-0.2, 0) is 14.3 Å². The number of amides is 1. The monoisotopic (exact) mass is 376 g/mol. The molecule has 1 aliphatic heterocycles. The summed E-state index contributed by atoms with van der Waals surface area (Å²) in [4.78, 5) is 36.9. The highest BCUT2D eigenvalue weighted by Gasteiger charge is 2.28. The van der Waals surface area contributed by atoms with Crippen molar-refractivity contribution in [2.75, 3.05) is 38.2 Å². The lowest BCUT2D eigenvalue weighted by molar-refractivity contribution is -0.158. The Balaban J connectivity index is 1.67. The molecule has 0 spiro atoms. The number of benzene rings is 2. The van der Waals surface area contributed by atoms with E-state index in [4.69, 9.17) is 9.97 Å². The van der Waals surface area contributed by atoms with Crippen molar-refractivity contribution >= 4 is 28.7 Å². The fourth-order valence-corrected chi connectivity index (χ4v) is 3.34. The Morgan fingerprint density at radius 3 is 2.11 bits per heavy atom. The molecule has 3 aromatic rings. The minimum absolute atomic E-state index is 0.427. The summed E-state index contributed by atoms with van der Waals surface area (Å²) in [6.45, 7) is 1.98. The molecular weight excluding hydrogens is 356 g/mol. The molecule has 1 aliphatic rings. The highest BCUT2D eigenvalue weighted by Crippen LogP contribution is 2.30. The Labute approximate surface area is 162 Å². The fraction of sp³-hybridized carbons (Fsp3) is 0.238. The zero-order valence-corrected chi connectivity index (χ0v) is 15.5. The van der Waals surface area contributed by atoms with Crippen molar-refractivity contribution in [2.45, 2.75) is 0 Å². The highest BCUT2D eigenvalue weighted by atomic mass is 16.5. The van der Waals surface area contributed by atoms with Gasteiger partial charge in [0.2, 0.25) is 0 Å². The van der Waals surface area contributed by atoms with E-state index in [1.165, 1.54) is 12.0 Å². The number of para-hydroxylation sites is 2. The summed E-state index contributed by atoms with van der Waals surface area (Å²) in [5, 5.41) is 0. The van der Waals surface area contributed by atoms with Gasteiger partial charge in [-0.1, -0.05) is 42.5 Å². The van der Waals surface area contributed by atoms with Gasteiger partial charge in [-0.2, -0.15) is 0 Å². The fourth-order valence-electron chi connectivity index (χ4n) is 3.34. The maximum atomic E-state index is 12.0. The Morgan fingerprint density at radius 1 is 0.857 bits per heavy atom. The molecule has 2 aromatic carbocycles. The van der Waals surface area contributed by atoms with Crippen LogP contribution in [-0.4, -0.2) is 60.0 Å². The molecule has 0 saturated carbocycles. The van der Waals surface area contributed by atoms with Gasteiger partial charge < -0.3 is 14.5 Å². The van der Waals surface area contributed by atoms with E-state index >= 15 is 0 Å². The van der Waals surface area contributed by atoms with Crippen molar-refractivity contribution in [2.24, 2.45) is 0 Å². The van der Waals surface area contributed by atoms with Crippen molar-refractivity contribution in [3.8, 4) is 11.3 Å². The van der Waals surface area contributed by atoms with Crippen LogP contribution in [0, 0.1) is 0 Å². The second-order valence-electron chi connectivity index (χ2n) is 6.52. The normalized spacial score (nSPS) is 14.2. The number of fused-ring (bicyclic) bond motifs is 1. The number of hydrogen-bond acceptors (Lipinski definition) is 6. The molecule has 4 rings (SSSR count). The van der Waals surface area contributed by atoms with Gasteiger partial charge in [-0.25, -0.2) is 14.8 Å². The number of aromatic nitrogens is 2. The molecule has 1 aromatic heterocycles. The third kappa shape index (κ3) is 3.38. The smallest absolute Gasteiger partial charge is 0.396 e. The Morgan fingerprint density at radius 2 is 1.46 bits per heavy atom. The number of ether oxygens (including phenoxy) is 1. The molecule has 142 valence electrons. The maximum absolute atomic E-state index is 12.0. The summed E-state index contributed by atoms with van der Waals surface area (Å²) in [6.07, 6.45) is 0. The molecule has 7 nitrogen and oxygen atoms in total. The van der Waals surface area contributed by atoms with Gasteiger partial charge in [0.1, 0.15) is 5.69 Å².